The predicted molar refractivity (Wildman–Crippen MR) is 128 cm³/mol. The van der Waals surface area contributed by atoms with Crippen LogP contribution in [0.15, 0.2) is 53.0 Å². The van der Waals surface area contributed by atoms with E-state index in [0.717, 1.165) is 16.5 Å². The highest BCUT2D eigenvalue weighted by Gasteiger charge is 2.26. The van der Waals surface area contributed by atoms with Gasteiger partial charge in [-0.05, 0) is 54.2 Å². The van der Waals surface area contributed by atoms with Gasteiger partial charge in [-0.15, -0.1) is 0 Å². The fraction of sp³-hybridized carbons (Fsp3) is 0.440. The van der Waals surface area contributed by atoms with Gasteiger partial charge in [0, 0.05) is 17.6 Å². The summed E-state index contributed by atoms with van der Waals surface area (Å²) in [6.45, 7) is 11.0. The second-order valence-electron chi connectivity index (χ2n) is 8.68. The molecule has 1 N–H and O–H groups in total. The van der Waals surface area contributed by atoms with E-state index in [0.29, 0.717) is 18.8 Å². The number of hydrogen-bond donors (Lipinski definition) is 1. The van der Waals surface area contributed by atoms with E-state index in [2.05, 4.69) is 42.0 Å². The van der Waals surface area contributed by atoms with Crippen LogP contribution < -0.4 is 10.1 Å². The van der Waals surface area contributed by atoms with E-state index in [1.54, 1.807) is 11.8 Å². The molecule has 6 heteroatoms. The minimum atomic E-state index is -0.602. The molecule has 1 unspecified atom stereocenters. The molecule has 0 saturated heterocycles. The van der Waals surface area contributed by atoms with Gasteiger partial charge in [0.1, 0.15) is 11.8 Å². The molecule has 2 aromatic rings. The number of nitrogens with one attached hydrogen (secondary N) is 1. The summed E-state index contributed by atoms with van der Waals surface area (Å²) in [5, 5.41) is 2.88. The van der Waals surface area contributed by atoms with Gasteiger partial charge in [0.2, 0.25) is 5.91 Å². The third-order valence-corrected chi connectivity index (χ3v) is 5.59. The van der Waals surface area contributed by atoms with Gasteiger partial charge >= 0.3 is 0 Å². The molecule has 31 heavy (non-hydrogen) atoms. The Labute approximate surface area is 194 Å². The zero-order valence-corrected chi connectivity index (χ0v) is 20.7. The molecule has 0 aliphatic heterocycles. The van der Waals surface area contributed by atoms with Gasteiger partial charge in [0.15, 0.2) is 6.61 Å². The molecular formula is C25H33BrN2O3. The number of carbonyl (C=O) groups excluding carboxylic acids is 2. The predicted octanol–water partition coefficient (Wildman–Crippen LogP) is 5.07. The van der Waals surface area contributed by atoms with Crippen LogP contribution in [-0.2, 0) is 21.5 Å². The van der Waals surface area contributed by atoms with Crippen molar-refractivity contribution in [2.24, 2.45) is 0 Å². The molecule has 0 aromatic heterocycles. The Hall–Kier alpha value is -2.34. The Balaban J connectivity index is 2.10. The van der Waals surface area contributed by atoms with Crippen LogP contribution in [0.4, 0.5) is 0 Å². The largest absolute Gasteiger partial charge is 0.484 e. The van der Waals surface area contributed by atoms with Crippen molar-refractivity contribution < 1.29 is 14.3 Å². The van der Waals surface area contributed by atoms with Gasteiger partial charge in [0.25, 0.3) is 5.91 Å². The van der Waals surface area contributed by atoms with Crippen molar-refractivity contribution in [1.82, 2.24) is 10.2 Å². The van der Waals surface area contributed by atoms with Gasteiger partial charge in [-0.1, -0.05) is 67.9 Å². The quantitative estimate of drug-likeness (QED) is 0.535. The molecule has 0 aliphatic rings. The van der Waals surface area contributed by atoms with Crippen molar-refractivity contribution in [2.75, 3.05) is 13.2 Å². The monoisotopic (exact) mass is 488 g/mol. The lowest BCUT2D eigenvalue weighted by molar-refractivity contribution is -0.142. The van der Waals surface area contributed by atoms with Gasteiger partial charge in [0.05, 0.1) is 0 Å². The van der Waals surface area contributed by atoms with E-state index in [9.17, 15) is 9.59 Å². The fourth-order valence-electron chi connectivity index (χ4n) is 3.04. The second kappa shape index (κ2) is 11.3. The molecule has 0 bridgehead atoms. The normalized spacial score (nSPS) is 12.2. The fourth-order valence-corrected chi connectivity index (χ4v) is 3.31. The molecule has 168 valence electrons. The Morgan fingerprint density at radius 1 is 1.06 bits per heavy atom. The number of nitrogens with zero attached hydrogens (tertiary/aromatic N) is 1. The van der Waals surface area contributed by atoms with Crippen molar-refractivity contribution in [3.05, 3.63) is 64.1 Å². The SMILES string of the molecule is CCCNC(=O)C(C)N(Cc1ccc(Br)cc1)C(=O)COc1ccc(C(C)(C)C)cc1. The van der Waals surface area contributed by atoms with Crippen molar-refractivity contribution in [2.45, 2.75) is 59.0 Å². The molecule has 0 aliphatic carbocycles. The lowest BCUT2D eigenvalue weighted by atomic mass is 9.87. The first-order valence-corrected chi connectivity index (χ1v) is 11.5. The van der Waals surface area contributed by atoms with Crippen LogP contribution in [0.3, 0.4) is 0 Å². The van der Waals surface area contributed by atoms with Crippen LogP contribution in [0, 0.1) is 0 Å². The van der Waals surface area contributed by atoms with Crippen LogP contribution in [0.5, 0.6) is 5.75 Å². The van der Waals surface area contributed by atoms with Crippen LogP contribution in [-0.4, -0.2) is 35.9 Å². The standard InChI is InChI=1S/C25H33BrN2O3/c1-6-15-27-24(30)18(2)28(16-19-7-11-21(26)12-8-19)23(29)17-31-22-13-9-20(10-14-22)25(3,4)5/h7-14,18H,6,15-17H2,1-5H3,(H,27,30). The Kier molecular flexibility index (Phi) is 9.11. The average molecular weight is 489 g/mol. The van der Waals surface area contributed by atoms with E-state index in [4.69, 9.17) is 4.74 Å². The highest BCUT2D eigenvalue weighted by molar-refractivity contribution is 9.10. The second-order valence-corrected chi connectivity index (χ2v) is 9.59. The van der Waals surface area contributed by atoms with Crippen LogP contribution >= 0.6 is 15.9 Å². The van der Waals surface area contributed by atoms with E-state index < -0.39 is 6.04 Å². The smallest absolute Gasteiger partial charge is 0.261 e. The summed E-state index contributed by atoms with van der Waals surface area (Å²) in [6.07, 6.45) is 0.840. The molecule has 2 aromatic carbocycles. The number of ether oxygens (including phenoxy) is 1. The number of benzene rings is 2. The van der Waals surface area contributed by atoms with Gasteiger partial charge in [-0.3, -0.25) is 9.59 Å². The Morgan fingerprint density at radius 3 is 2.23 bits per heavy atom. The van der Waals surface area contributed by atoms with Crippen LogP contribution in [0.1, 0.15) is 52.2 Å². The zero-order chi connectivity index (χ0) is 23.0. The summed E-state index contributed by atoms with van der Waals surface area (Å²) in [7, 11) is 0. The number of rotatable bonds is 9. The lowest BCUT2D eigenvalue weighted by Crippen LogP contribution is -2.49. The van der Waals surface area contributed by atoms with Gasteiger partial charge < -0.3 is 15.0 Å². The minimum absolute atomic E-state index is 0.0527. The molecule has 5 nitrogen and oxygen atoms in total. The highest BCUT2D eigenvalue weighted by Crippen LogP contribution is 2.24. The Bertz CT molecular complexity index is 858. The van der Waals surface area contributed by atoms with Crippen LogP contribution in [0.2, 0.25) is 0 Å². The van der Waals surface area contributed by atoms with E-state index in [1.807, 2.05) is 55.5 Å². The summed E-state index contributed by atoms with van der Waals surface area (Å²) >= 11 is 3.42. The van der Waals surface area contributed by atoms with Crippen molar-refractivity contribution in [3.8, 4) is 5.75 Å². The average Bonchev–Trinajstić information content (AvgIpc) is 2.74. The van der Waals surface area contributed by atoms with Crippen molar-refractivity contribution in [1.29, 1.82) is 0 Å². The summed E-state index contributed by atoms with van der Waals surface area (Å²) in [5.41, 5.74) is 2.20. The first kappa shape index (κ1) is 24.9. The molecule has 2 amide bonds. The zero-order valence-electron chi connectivity index (χ0n) is 19.1. The minimum Gasteiger partial charge on any atom is -0.484 e. The topological polar surface area (TPSA) is 58.6 Å². The summed E-state index contributed by atoms with van der Waals surface area (Å²) < 4.78 is 6.72. The van der Waals surface area contributed by atoms with E-state index in [1.165, 1.54) is 5.56 Å². The molecule has 0 spiro atoms. The van der Waals surface area contributed by atoms with Crippen molar-refractivity contribution in [3.63, 3.8) is 0 Å². The molecule has 2 rings (SSSR count). The molecular weight excluding hydrogens is 456 g/mol. The molecule has 1 atom stereocenters. The molecule has 0 saturated carbocycles. The lowest BCUT2D eigenvalue weighted by Gasteiger charge is -2.28. The maximum Gasteiger partial charge on any atom is 0.261 e. The summed E-state index contributed by atoms with van der Waals surface area (Å²) in [6, 6.07) is 14.9. The third kappa shape index (κ3) is 7.69. The molecule has 0 fully saturated rings. The maximum atomic E-state index is 13.0. The highest BCUT2D eigenvalue weighted by atomic mass is 79.9. The number of halogens is 1. The van der Waals surface area contributed by atoms with Crippen LogP contribution in [0.25, 0.3) is 0 Å². The number of carbonyl (C=O) groups is 2. The number of hydrogen-bond acceptors (Lipinski definition) is 3. The third-order valence-electron chi connectivity index (χ3n) is 5.07. The Morgan fingerprint density at radius 2 is 1.68 bits per heavy atom. The first-order chi connectivity index (χ1) is 14.6. The van der Waals surface area contributed by atoms with E-state index >= 15 is 0 Å². The molecule has 0 radical (unpaired) electrons. The van der Waals surface area contributed by atoms with E-state index in [-0.39, 0.29) is 23.8 Å². The summed E-state index contributed by atoms with van der Waals surface area (Å²) in [5.74, 6) is 0.233. The summed E-state index contributed by atoms with van der Waals surface area (Å²) in [4.78, 5) is 27.2. The maximum absolute atomic E-state index is 13.0. The van der Waals surface area contributed by atoms with Gasteiger partial charge in [-0.2, -0.15) is 0 Å². The van der Waals surface area contributed by atoms with Gasteiger partial charge in [-0.25, -0.2) is 0 Å². The number of amides is 2. The first-order valence-electron chi connectivity index (χ1n) is 10.7. The van der Waals surface area contributed by atoms with Crippen molar-refractivity contribution >= 4 is 27.7 Å². The molecule has 0 heterocycles.